The molecule has 1 aromatic carbocycles. The summed E-state index contributed by atoms with van der Waals surface area (Å²) >= 11 is 2.79. The SMILES string of the molecule is C=CCN1C(=O)CSC1=NNC(=O)Cc1csc2nc(-c3ccccc3)cn12. The van der Waals surface area contributed by atoms with Gasteiger partial charge >= 0.3 is 0 Å². The van der Waals surface area contributed by atoms with Crippen LogP contribution in [0.4, 0.5) is 0 Å². The zero-order valence-electron chi connectivity index (χ0n) is 14.9. The van der Waals surface area contributed by atoms with E-state index in [4.69, 9.17) is 0 Å². The van der Waals surface area contributed by atoms with E-state index in [9.17, 15) is 9.59 Å². The topological polar surface area (TPSA) is 79.1 Å². The number of hydrogen-bond acceptors (Lipinski definition) is 6. The van der Waals surface area contributed by atoms with Crippen LogP contribution in [0, 0.1) is 0 Å². The minimum absolute atomic E-state index is 0.0377. The third kappa shape index (κ3) is 3.71. The lowest BCUT2D eigenvalue weighted by Crippen LogP contribution is -2.32. The Bertz CT molecular complexity index is 1070. The number of benzene rings is 1. The zero-order chi connectivity index (χ0) is 19.5. The third-order valence-corrected chi connectivity index (χ3v) is 5.99. The molecule has 4 rings (SSSR count). The number of hydrazone groups is 1. The summed E-state index contributed by atoms with van der Waals surface area (Å²) in [6, 6.07) is 9.91. The number of amides is 2. The van der Waals surface area contributed by atoms with Gasteiger partial charge in [0.1, 0.15) is 0 Å². The number of nitrogens with one attached hydrogen (secondary N) is 1. The Morgan fingerprint density at radius 1 is 1.36 bits per heavy atom. The highest BCUT2D eigenvalue weighted by Gasteiger charge is 2.27. The number of fused-ring (bicyclic) bond motifs is 1. The molecule has 7 nitrogen and oxygen atoms in total. The van der Waals surface area contributed by atoms with E-state index in [2.05, 4.69) is 22.1 Å². The molecule has 0 atom stereocenters. The Hall–Kier alpha value is -2.91. The van der Waals surface area contributed by atoms with Gasteiger partial charge in [-0.1, -0.05) is 48.2 Å². The van der Waals surface area contributed by atoms with E-state index in [1.807, 2.05) is 46.3 Å². The van der Waals surface area contributed by atoms with Gasteiger partial charge < -0.3 is 0 Å². The van der Waals surface area contributed by atoms with Crippen LogP contribution in [-0.4, -0.2) is 43.6 Å². The van der Waals surface area contributed by atoms with Crippen LogP contribution < -0.4 is 5.43 Å². The molecule has 2 amide bonds. The number of carbonyl (C=O) groups is 2. The Morgan fingerprint density at radius 2 is 2.18 bits per heavy atom. The summed E-state index contributed by atoms with van der Waals surface area (Å²) in [5.74, 6) is 0.0373. The molecular formula is C19H17N5O2S2. The number of thioether (sulfide) groups is 1. The standard InChI is InChI=1S/C19H17N5O2S2/c1-2-8-23-17(26)12-28-19(23)22-21-16(25)9-14-11-27-18-20-15(10-24(14)18)13-6-4-3-5-7-13/h2-7,10-11H,1,8-9,12H2,(H,21,25). The smallest absolute Gasteiger partial charge is 0.246 e. The van der Waals surface area contributed by atoms with Crippen LogP contribution in [0.1, 0.15) is 5.69 Å². The molecule has 0 saturated carbocycles. The van der Waals surface area contributed by atoms with Crippen molar-refractivity contribution in [2.24, 2.45) is 5.10 Å². The molecule has 3 aromatic rings. The first-order valence-electron chi connectivity index (χ1n) is 8.57. The average molecular weight is 412 g/mol. The Labute approximate surface area is 169 Å². The Morgan fingerprint density at radius 3 is 2.96 bits per heavy atom. The normalized spacial score (nSPS) is 15.5. The zero-order valence-corrected chi connectivity index (χ0v) is 16.5. The molecule has 2 aromatic heterocycles. The molecule has 0 bridgehead atoms. The van der Waals surface area contributed by atoms with Crippen molar-refractivity contribution in [2.75, 3.05) is 12.3 Å². The second-order valence-electron chi connectivity index (χ2n) is 6.06. The summed E-state index contributed by atoms with van der Waals surface area (Å²) in [6.07, 6.45) is 3.74. The van der Waals surface area contributed by atoms with Gasteiger partial charge in [-0.2, -0.15) is 0 Å². The van der Waals surface area contributed by atoms with Gasteiger partial charge in [0.2, 0.25) is 11.8 Å². The molecule has 3 heterocycles. The molecule has 1 aliphatic rings. The summed E-state index contributed by atoms with van der Waals surface area (Å²) < 4.78 is 1.93. The van der Waals surface area contributed by atoms with E-state index in [0.29, 0.717) is 17.5 Å². The van der Waals surface area contributed by atoms with Gasteiger partial charge in [0.15, 0.2) is 10.1 Å². The van der Waals surface area contributed by atoms with Crippen molar-refractivity contribution >= 4 is 45.0 Å². The largest absolute Gasteiger partial charge is 0.294 e. The molecule has 28 heavy (non-hydrogen) atoms. The van der Waals surface area contributed by atoms with Crippen LogP contribution in [0.15, 0.2) is 59.7 Å². The summed E-state index contributed by atoms with van der Waals surface area (Å²) in [7, 11) is 0. The molecule has 1 N–H and O–H groups in total. The highest BCUT2D eigenvalue weighted by atomic mass is 32.2. The number of rotatable bonds is 6. The van der Waals surface area contributed by atoms with Gasteiger partial charge in [0, 0.05) is 29.4 Å². The van der Waals surface area contributed by atoms with E-state index in [1.54, 1.807) is 6.08 Å². The summed E-state index contributed by atoms with van der Waals surface area (Å²) in [4.78, 5) is 31.1. The first kappa shape index (κ1) is 18.5. The molecule has 1 fully saturated rings. The molecule has 142 valence electrons. The van der Waals surface area contributed by atoms with E-state index in [1.165, 1.54) is 28.0 Å². The molecule has 0 aliphatic carbocycles. The number of carbonyl (C=O) groups excluding carboxylic acids is 2. The van der Waals surface area contributed by atoms with E-state index in [-0.39, 0.29) is 18.2 Å². The minimum Gasteiger partial charge on any atom is -0.294 e. The number of nitrogens with zero attached hydrogens (tertiary/aromatic N) is 4. The maximum absolute atomic E-state index is 12.4. The molecule has 0 radical (unpaired) electrons. The maximum Gasteiger partial charge on any atom is 0.246 e. The summed E-state index contributed by atoms with van der Waals surface area (Å²) in [5.41, 5.74) is 5.29. The van der Waals surface area contributed by atoms with Crippen molar-refractivity contribution in [3.63, 3.8) is 0 Å². The van der Waals surface area contributed by atoms with Crippen LogP contribution in [0.2, 0.25) is 0 Å². The van der Waals surface area contributed by atoms with E-state index in [0.717, 1.165) is 21.9 Å². The number of amidine groups is 1. The summed E-state index contributed by atoms with van der Waals surface area (Å²) in [6.45, 7) is 4.02. The molecule has 1 saturated heterocycles. The Kier molecular flexibility index (Phi) is 5.27. The second-order valence-corrected chi connectivity index (χ2v) is 7.84. The Balaban J connectivity index is 1.47. The first-order chi connectivity index (χ1) is 13.7. The van der Waals surface area contributed by atoms with Crippen molar-refractivity contribution in [2.45, 2.75) is 6.42 Å². The lowest BCUT2D eigenvalue weighted by Gasteiger charge is -2.12. The monoisotopic (exact) mass is 411 g/mol. The average Bonchev–Trinajstić information content (AvgIpc) is 3.38. The van der Waals surface area contributed by atoms with Crippen molar-refractivity contribution in [1.29, 1.82) is 0 Å². The fraction of sp³-hybridized carbons (Fsp3) is 0.158. The fourth-order valence-corrected chi connectivity index (χ4v) is 4.53. The second kappa shape index (κ2) is 7.99. The lowest BCUT2D eigenvalue weighted by atomic mass is 10.2. The lowest BCUT2D eigenvalue weighted by molar-refractivity contribution is -0.124. The van der Waals surface area contributed by atoms with Gasteiger partial charge in [0.25, 0.3) is 0 Å². The van der Waals surface area contributed by atoms with Crippen molar-refractivity contribution < 1.29 is 9.59 Å². The molecule has 1 aliphatic heterocycles. The van der Waals surface area contributed by atoms with E-state index < -0.39 is 0 Å². The number of aromatic nitrogens is 2. The fourth-order valence-electron chi connectivity index (χ4n) is 2.81. The van der Waals surface area contributed by atoms with Crippen LogP contribution in [-0.2, 0) is 16.0 Å². The number of thiazole rings is 1. The summed E-state index contributed by atoms with van der Waals surface area (Å²) in [5, 5.41) is 6.51. The minimum atomic E-state index is -0.249. The molecule has 0 unspecified atom stereocenters. The predicted octanol–water partition coefficient (Wildman–Crippen LogP) is 2.75. The number of hydrogen-bond donors (Lipinski definition) is 1. The highest BCUT2D eigenvalue weighted by Crippen LogP contribution is 2.24. The van der Waals surface area contributed by atoms with Gasteiger partial charge in [0.05, 0.1) is 17.9 Å². The van der Waals surface area contributed by atoms with Gasteiger partial charge in [-0.15, -0.1) is 23.0 Å². The number of imidazole rings is 1. The maximum atomic E-state index is 12.4. The van der Waals surface area contributed by atoms with Crippen molar-refractivity contribution in [3.8, 4) is 11.3 Å². The van der Waals surface area contributed by atoms with Crippen LogP contribution in [0.5, 0.6) is 0 Å². The van der Waals surface area contributed by atoms with Gasteiger partial charge in [-0.25, -0.2) is 10.4 Å². The van der Waals surface area contributed by atoms with E-state index >= 15 is 0 Å². The highest BCUT2D eigenvalue weighted by molar-refractivity contribution is 8.15. The van der Waals surface area contributed by atoms with Crippen molar-refractivity contribution in [3.05, 3.63) is 60.3 Å². The van der Waals surface area contributed by atoms with Gasteiger partial charge in [-0.05, 0) is 0 Å². The third-order valence-electron chi connectivity index (χ3n) is 4.14. The molecule has 9 heteroatoms. The van der Waals surface area contributed by atoms with Crippen molar-refractivity contribution in [1.82, 2.24) is 19.7 Å². The first-order valence-corrected chi connectivity index (χ1v) is 10.4. The molecular weight excluding hydrogens is 394 g/mol. The quantitative estimate of drug-likeness (QED) is 0.500. The van der Waals surface area contributed by atoms with Crippen LogP contribution in [0.3, 0.4) is 0 Å². The van der Waals surface area contributed by atoms with Crippen LogP contribution >= 0.6 is 23.1 Å². The van der Waals surface area contributed by atoms with Gasteiger partial charge in [-0.3, -0.25) is 18.9 Å². The predicted molar refractivity (Wildman–Crippen MR) is 112 cm³/mol. The molecule has 0 spiro atoms. The van der Waals surface area contributed by atoms with Crippen LogP contribution in [0.25, 0.3) is 16.2 Å².